The third kappa shape index (κ3) is 4.41. The van der Waals surface area contributed by atoms with Crippen LogP contribution in [0.4, 0.5) is 0 Å². The Balaban J connectivity index is 1.53. The predicted octanol–water partition coefficient (Wildman–Crippen LogP) is 1.84. The Bertz CT molecular complexity index is 619. The Hall–Kier alpha value is -1.11. The van der Waals surface area contributed by atoms with Gasteiger partial charge in [-0.25, -0.2) is 8.42 Å². The molecule has 1 saturated carbocycles. The smallest absolute Gasteiger partial charge is 0.225 e. The highest BCUT2D eigenvalue weighted by Gasteiger charge is 2.38. The van der Waals surface area contributed by atoms with Crippen LogP contribution in [0, 0.1) is 11.8 Å². The molecule has 0 spiro atoms. The van der Waals surface area contributed by atoms with E-state index in [1.807, 2.05) is 11.8 Å². The van der Waals surface area contributed by atoms with Crippen molar-refractivity contribution >= 4 is 21.7 Å². The van der Waals surface area contributed by atoms with Crippen LogP contribution in [0.15, 0.2) is 0 Å². The van der Waals surface area contributed by atoms with Crippen molar-refractivity contribution in [2.24, 2.45) is 11.8 Å². The predicted molar refractivity (Wildman–Crippen MR) is 100 cm³/mol. The molecule has 0 aromatic rings. The number of carbonyl (C=O) groups is 2. The molecule has 7 heteroatoms. The standard InChI is InChI=1S/C19H32N2O4S/c1-2-21(17-10-13-26(24,25)14-17)19(23)16-8-6-15(7-9-16)18(22)20-11-4-3-5-12-20/h15-17H,2-14H2,1H3. The van der Waals surface area contributed by atoms with Gasteiger partial charge in [0.05, 0.1) is 11.5 Å². The summed E-state index contributed by atoms with van der Waals surface area (Å²) in [5.41, 5.74) is 0. The molecule has 0 bridgehead atoms. The normalized spacial score (nSPS) is 31.6. The summed E-state index contributed by atoms with van der Waals surface area (Å²) in [6.45, 7) is 4.26. The number of rotatable bonds is 4. The van der Waals surface area contributed by atoms with E-state index in [0.29, 0.717) is 13.0 Å². The molecule has 3 aliphatic rings. The van der Waals surface area contributed by atoms with Gasteiger partial charge in [0, 0.05) is 37.5 Å². The monoisotopic (exact) mass is 384 g/mol. The van der Waals surface area contributed by atoms with Crippen molar-refractivity contribution in [2.45, 2.75) is 64.3 Å². The highest BCUT2D eigenvalue weighted by atomic mass is 32.2. The van der Waals surface area contributed by atoms with Crippen LogP contribution in [-0.4, -0.2) is 67.2 Å². The quantitative estimate of drug-likeness (QED) is 0.741. The zero-order valence-electron chi connectivity index (χ0n) is 15.9. The van der Waals surface area contributed by atoms with Crippen LogP contribution in [0.25, 0.3) is 0 Å². The fourth-order valence-electron chi connectivity index (χ4n) is 4.81. The molecule has 2 aliphatic heterocycles. The van der Waals surface area contributed by atoms with E-state index >= 15 is 0 Å². The van der Waals surface area contributed by atoms with Crippen molar-refractivity contribution in [1.82, 2.24) is 9.80 Å². The molecule has 0 N–H and O–H groups in total. The van der Waals surface area contributed by atoms with Crippen LogP contribution in [0.1, 0.15) is 58.3 Å². The van der Waals surface area contributed by atoms with Crippen molar-refractivity contribution in [3.05, 3.63) is 0 Å². The largest absolute Gasteiger partial charge is 0.342 e. The van der Waals surface area contributed by atoms with E-state index in [0.717, 1.165) is 51.6 Å². The first-order valence-corrected chi connectivity index (χ1v) is 12.0. The van der Waals surface area contributed by atoms with Gasteiger partial charge in [-0.2, -0.15) is 0 Å². The maximum absolute atomic E-state index is 12.9. The second kappa shape index (κ2) is 8.28. The molecular formula is C19H32N2O4S. The number of hydrogen-bond donors (Lipinski definition) is 0. The first-order valence-electron chi connectivity index (χ1n) is 10.2. The van der Waals surface area contributed by atoms with Crippen LogP contribution in [-0.2, 0) is 19.4 Å². The number of hydrogen-bond acceptors (Lipinski definition) is 4. The summed E-state index contributed by atoms with van der Waals surface area (Å²) in [7, 11) is -2.99. The third-order valence-corrected chi connectivity index (χ3v) is 8.12. The molecule has 6 nitrogen and oxygen atoms in total. The first-order chi connectivity index (χ1) is 12.4. The van der Waals surface area contributed by atoms with Gasteiger partial charge in [0.25, 0.3) is 0 Å². The third-order valence-electron chi connectivity index (χ3n) is 6.37. The number of piperidine rings is 1. The Labute approximate surface area is 157 Å². The molecule has 1 aliphatic carbocycles. The molecule has 3 rings (SSSR count). The molecule has 1 atom stereocenters. The fraction of sp³-hybridized carbons (Fsp3) is 0.895. The summed E-state index contributed by atoms with van der Waals surface area (Å²) in [5, 5.41) is 0. The molecule has 148 valence electrons. The summed E-state index contributed by atoms with van der Waals surface area (Å²) in [6.07, 6.45) is 7.06. The van der Waals surface area contributed by atoms with E-state index in [-0.39, 0.29) is 41.2 Å². The van der Waals surface area contributed by atoms with Gasteiger partial charge < -0.3 is 9.80 Å². The SMILES string of the molecule is CCN(C(=O)C1CCC(C(=O)N2CCCCC2)CC1)C1CCS(=O)(=O)C1. The van der Waals surface area contributed by atoms with Crippen molar-refractivity contribution < 1.29 is 18.0 Å². The van der Waals surface area contributed by atoms with Gasteiger partial charge in [0.15, 0.2) is 9.84 Å². The van der Waals surface area contributed by atoms with Gasteiger partial charge in [0.2, 0.25) is 11.8 Å². The highest BCUT2D eigenvalue weighted by Crippen LogP contribution is 2.33. The van der Waals surface area contributed by atoms with Crippen molar-refractivity contribution in [3.8, 4) is 0 Å². The Morgan fingerprint density at radius 1 is 0.962 bits per heavy atom. The lowest BCUT2D eigenvalue weighted by Gasteiger charge is -2.36. The molecule has 0 radical (unpaired) electrons. The second-order valence-electron chi connectivity index (χ2n) is 8.12. The maximum atomic E-state index is 12.9. The lowest BCUT2D eigenvalue weighted by Crippen LogP contribution is -2.46. The van der Waals surface area contributed by atoms with Crippen molar-refractivity contribution in [3.63, 3.8) is 0 Å². The molecular weight excluding hydrogens is 352 g/mol. The number of sulfone groups is 1. The van der Waals surface area contributed by atoms with Gasteiger partial charge in [-0.15, -0.1) is 0 Å². The van der Waals surface area contributed by atoms with Gasteiger partial charge >= 0.3 is 0 Å². The van der Waals surface area contributed by atoms with E-state index in [4.69, 9.17) is 0 Å². The lowest BCUT2D eigenvalue weighted by atomic mass is 9.80. The van der Waals surface area contributed by atoms with Gasteiger partial charge in [-0.1, -0.05) is 0 Å². The molecule has 26 heavy (non-hydrogen) atoms. The minimum Gasteiger partial charge on any atom is -0.342 e. The minimum atomic E-state index is -2.99. The van der Waals surface area contributed by atoms with E-state index in [1.165, 1.54) is 6.42 Å². The molecule has 0 aromatic carbocycles. The number of nitrogens with zero attached hydrogens (tertiary/aromatic N) is 2. The Kier molecular flexibility index (Phi) is 6.25. The van der Waals surface area contributed by atoms with E-state index in [1.54, 1.807) is 4.90 Å². The molecule has 2 heterocycles. The number of likely N-dealkylation sites (tertiary alicyclic amines) is 1. The molecule has 2 amide bonds. The Morgan fingerprint density at radius 3 is 2.12 bits per heavy atom. The van der Waals surface area contributed by atoms with Crippen molar-refractivity contribution in [2.75, 3.05) is 31.1 Å². The summed E-state index contributed by atoms with van der Waals surface area (Å²) >= 11 is 0. The molecule has 1 unspecified atom stereocenters. The van der Waals surface area contributed by atoms with Gasteiger partial charge in [-0.05, 0) is 58.3 Å². The average molecular weight is 385 g/mol. The minimum absolute atomic E-state index is 0.0522. The second-order valence-corrected chi connectivity index (χ2v) is 10.3. The number of amides is 2. The summed E-state index contributed by atoms with van der Waals surface area (Å²) in [5.74, 6) is 0.694. The molecule has 2 saturated heterocycles. The van der Waals surface area contributed by atoms with Crippen LogP contribution < -0.4 is 0 Å². The van der Waals surface area contributed by atoms with Crippen molar-refractivity contribution in [1.29, 1.82) is 0 Å². The Morgan fingerprint density at radius 2 is 1.58 bits per heavy atom. The first kappa shape index (κ1) is 19.6. The van der Waals surface area contributed by atoms with Crippen LogP contribution in [0.5, 0.6) is 0 Å². The zero-order valence-corrected chi connectivity index (χ0v) is 16.7. The fourth-order valence-corrected chi connectivity index (χ4v) is 6.54. The van der Waals surface area contributed by atoms with E-state index < -0.39 is 9.84 Å². The van der Waals surface area contributed by atoms with Gasteiger partial charge in [-0.3, -0.25) is 9.59 Å². The maximum Gasteiger partial charge on any atom is 0.225 e. The highest BCUT2D eigenvalue weighted by molar-refractivity contribution is 7.91. The molecule has 0 aromatic heterocycles. The number of carbonyl (C=O) groups excluding carboxylic acids is 2. The topological polar surface area (TPSA) is 74.8 Å². The molecule has 3 fully saturated rings. The summed E-state index contributed by atoms with van der Waals surface area (Å²) in [4.78, 5) is 29.4. The van der Waals surface area contributed by atoms with Gasteiger partial charge in [0.1, 0.15) is 0 Å². The van der Waals surface area contributed by atoms with Crippen LogP contribution in [0.2, 0.25) is 0 Å². The summed E-state index contributed by atoms with van der Waals surface area (Å²) in [6, 6.07) is -0.162. The summed E-state index contributed by atoms with van der Waals surface area (Å²) < 4.78 is 23.5. The van der Waals surface area contributed by atoms with Crippen LogP contribution in [0.3, 0.4) is 0 Å². The lowest BCUT2D eigenvalue weighted by molar-refractivity contribution is -0.142. The van der Waals surface area contributed by atoms with E-state index in [9.17, 15) is 18.0 Å². The van der Waals surface area contributed by atoms with Crippen LogP contribution >= 0.6 is 0 Å². The zero-order chi connectivity index (χ0) is 18.7. The van der Waals surface area contributed by atoms with E-state index in [2.05, 4.69) is 0 Å². The average Bonchev–Trinajstić information content (AvgIpc) is 3.02.